The van der Waals surface area contributed by atoms with Crippen molar-refractivity contribution in [3.05, 3.63) is 0 Å². The van der Waals surface area contributed by atoms with Crippen LogP contribution in [0.2, 0.25) is 0 Å². The van der Waals surface area contributed by atoms with Crippen LogP contribution in [0.3, 0.4) is 0 Å². The van der Waals surface area contributed by atoms with Crippen molar-refractivity contribution in [1.82, 2.24) is 9.03 Å². The highest BCUT2D eigenvalue weighted by atomic mass is 32.2. The van der Waals surface area contributed by atoms with Crippen molar-refractivity contribution in [2.75, 3.05) is 19.6 Å². The molecule has 5 nitrogen and oxygen atoms in total. The third-order valence-corrected chi connectivity index (χ3v) is 5.19. The van der Waals surface area contributed by atoms with E-state index in [0.29, 0.717) is 25.8 Å². The fraction of sp³-hybridized carbons (Fsp3) is 1.00. The third kappa shape index (κ3) is 6.94. The van der Waals surface area contributed by atoms with Gasteiger partial charge in [0, 0.05) is 12.6 Å². The van der Waals surface area contributed by atoms with E-state index in [0.717, 1.165) is 25.7 Å². The van der Waals surface area contributed by atoms with Gasteiger partial charge in [0.2, 0.25) is 0 Å². The molecule has 0 saturated heterocycles. The van der Waals surface area contributed by atoms with Crippen LogP contribution in [0.5, 0.6) is 0 Å². The minimum Gasteiger partial charge on any atom is -0.330 e. The first kappa shape index (κ1) is 18.7. The molecule has 21 heavy (non-hydrogen) atoms. The van der Waals surface area contributed by atoms with Crippen molar-refractivity contribution in [2.24, 2.45) is 5.73 Å². The predicted molar refractivity (Wildman–Crippen MR) is 74.8 cm³/mol. The largest absolute Gasteiger partial charge is 0.402 e. The summed E-state index contributed by atoms with van der Waals surface area (Å²) in [5.74, 6) is 0. The summed E-state index contributed by atoms with van der Waals surface area (Å²) in [5.41, 5.74) is 5.40. The van der Waals surface area contributed by atoms with E-state index in [9.17, 15) is 21.6 Å². The summed E-state index contributed by atoms with van der Waals surface area (Å²) in [6.45, 7) is -1.08. The monoisotopic (exact) mass is 331 g/mol. The van der Waals surface area contributed by atoms with Crippen LogP contribution in [0.4, 0.5) is 13.2 Å². The molecule has 0 aromatic carbocycles. The Morgan fingerprint density at radius 2 is 1.71 bits per heavy atom. The molecule has 0 radical (unpaired) electrons. The molecule has 0 heterocycles. The van der Waals surface area contributed by atoms with E-state index in [2.05, 4.69) is 0 Å². The molecule has 1 fully saturated rings. The first-order valence-electron chi connectivity index (χ1n) is 7.29. The fourth-order valence-corrected chi connectivity index (χ4v) is 4.03. The Morgan fingerprint density at radius 1 is 1.14 bits per heavy atom. The normalized spacial score (nSPS) is 18.9. The molecule has 3 N–H and O–H groups in total. The molecule has 1 rings (SSSR count). The van der Waals surface area contributed by atoms with Crippen LogP contribution in [0.15, 0.2) is 0 Å². The maximum Gasteiger partial charge on any atom is 0.402 e. The summed E-state index contributed by atoms with van der Waals surface area (Å²) in [6.07, 6.45) is 1.14. The number of nitrogens with two attached hydrogens (primary N) is 1. The summed E-state index contributed by atoms with van der Waals surface area (Å²) < 4.78 is 63.9. The van der Waals surface area contributed by atoms with Crippen LogP contribution in [0.1, 0.15) is 44.9 Å². The van der Waals surface area contributed by atoms with Gasteiger partial charge in [0.25, 0.3) is 10.2 Å². The van der Waals surface area contributed by atoms with Crippen molar-refractivity contribution in [1.29, 1.82) is 0 Å². The van der Waals surface area contributed by atoms with Gasteiger partial charge >= 0.3 is 6.18 Å². The van der Waals surface area contributed by atoms with Crippen molar-refractivity contribution < 1.29 is 21.6 Å². The Morgan fingerprint density at radius 3 is 2.19 bits per heavy atom. The maximum absolute atomic E-state index is 12.2. The smallest absolute Gasteiger partial charge is 0.330 e. The second kappa shape index (κ2) is 8.30. The summed E-state index contributed by atoms with van der Waals surface area (Å²) in [7, 11) is -4.14. The van der Waals surface area contributed by atoms with Crippen LogP contribution in [-0.4, -0.2) is 44.6 Å². The van der Waals surface area contributed by atoms with Crippen molar-refractivity contribution in [3.63, 3.8) is 0 Å². The van der Waals surface area contributed by atoms with Gasteiger partial charge in [-0.15, -0.1) is 0 Å². The van der Waals surface area contributed by atoms with Gasteiger partial charge in [0.05, 0.1) is 0 Å². The lowest BCUT2D eigenvalue weighted by atomic mass is 10.1. The highest BCUT2D eigenvalue weighted by molar-refractivity contribution is 7.87. The van der Waals surface area contributed by atoms with Gasteiger partial charge in [-0.05, 0) is 25.8 Å². The average molecular weight is 331 g/mol. The molecule has 1 aliphatic carbocycles. The molecule has 1 saturated carbocycles. The van der Waals surface area contributed by atoms with Crippen LogP contribution in [-0.2, 0) is 10.2 Å². The topological polar surface area (TPSA) is 75.4 Å². The van der Waals surface area contributed by atoms with Gasteiger partial charge in [-0.2, -0.15) is 30.6 Å². The Kier molecular flexibility index (Phi) is 7.38. The fourth-order valence-electron chi connectivity index (χ4n) is 2.55. The number of nitrogens with zero attached hydrogens (tertiary/aromatic N) is 1. The standard InChI is InChI=1S/C12H24F3N3O2S/c13-12(14,15)10-17-21(19,20)18(9-5-8-16)11-6-3-1-2-4-7-11/h11,17H,1-10,16H2. The third-order valence-electron chi connectivity index (χ3n) is 3.58. The van der Waals surface area contributed by atoms with Gasteiger partial charge in [-0.3, -0.25) is 0 Å². The van der Waals surface area contributed by atoms with Gasteiger partial charge < -0.3 is 5.73 Å². The molecule has 0 unspecified atom stereocenters. The van der Waals surface area contributed by atoms with E-state index in [1.54, 1.807) is 4.72 Å². The van der Waals surface area contributed by atoms with E-state index in [-0.39, 0.29) is 12.6 Å². The lowest BCUT2D eigenvalue weighted by Gasteiger charge is -2.30. The number of halogens is 3. The minimum absolute atomic E-state index is 0.161. The van der Waals surface area contributed by atoms with E-state index < -0.39 is 22.9 Å². The molecule has 0 bridgehead atoms. The van der Waals surface area contributed by atoms with Crippen LogP contribution in [0.25, 0.3) is 0 Å². The quantitative estimate of drug-likeness (QED) is 0.698. The molecule has 0 aliphatic heterocycles. The average Bonchev–Trinajstić information content (AvgIpc) is 2.65. The molecule has 0 aromatic rings. The van der Waals surface area contributed by atoms with E-state index in [1.165, 1.54) is 4.31 Å². The molecule has 1 aliphatic rings. The lowest BCUT2D eigenvalue weighted by Crippen LogP contribution is -2.49. The highest BCUT2D eigenvalue weighted by Gasteiger charge is 2.34. The van der Waals surface area contributed by atoms with Gasteiger partial charge in [-0.1, -0.05) is 25.7 Å². The Bertz CT molecular complexity index is 393. The number of alkyl halides is 3. The van der Waals surface area contributed by atoms with E-state index >= 15 is 0 Å². The van der Waals surface area contributed by atoms with Crippen molar-refractivity contribution in [3.8, 4) is 0 Å². The predicted octanol–water partition coefficient (Wildman–Crippen LogP) is 1.76. The molecule has 0 amide bonds. The number of rotatable bonds is 7. The zero-order chi connectivity index (χ0) is 15.9. The van der Waals surface area contributed by atoms with Gasteiger partial charge in [0.1, 0.15) is 6.54 Å². The van der Waals surface area contributed by atoms with Crippen LogP contribution in [0, 0.1) is 0 Å². The van der Waals surface area contributed by atoms with Crippen molar-refractivity contribution >= 4 is 10.2 Å². The van der Waals surface area contributed by atoms with E-state index in [4.69, 9.17) is 5.73 Å². The molecular weight excluding hydrogens is 307 g/mol. The zero-order valence-corrected chi connectivity index (χ0v) is 12.8. The number of nitrogens with one attached hydrogen (secondary N) is 1. The number of hydrogen-bond donors (Lipinski definition) is 2. The zero-order valence-electron chi connectivity index (χ0n) is 12.0. The van der Waals surface area contributed by atoms with Gasteiger partial charge in [0.15, 0.2) is 0 Å². The lowest BCUT2D eigenvalue weighted by molar-refractivity contribution is -0.121. The Labute approximate surface area is 124 Å². The van der Waals surface area contributed by atoms with Crippen LogP contribution < -0.4 is 10.5 Å². The molecule has 0 aromatic heterocycles. The maximum atomic E-state index is 12.2. The van der Waals surface area contributed by atoms with E-state index in [1.807, 2.05) is 0 Å². The second-order valence-corrected chi connectivity index (χ2v) is 7.05. The molecular formula is C12H24F3N3O2S. The summed E-state index contributed by atoms with van der Waals surface area (Å²) in [6, 6.07) is -0.232. The second-order valence-electron chi connectivity index (χ2n) is 5.34. The molecule has 126 valence electrons. The molecule has 0 atom stereocenters. The van der Waals surface area contributed by atoms with Gasteiger partial charge in [-0.25, -0.2) is 0 Å². The first-order valence-corrected chi connectivity index (χ1v) is 8.73. The molecule has 0 spiro atoms. The first-order chi connectivity index (χ1) is 9.76. The SMILES string of the molecule is NCCCN(C1CCCCCC1)S(=O)(=O)NCC(F)(F)F. The summed E-state index contributed by atoms with van der Waals surface area (Å²) in [4.78, 5) is 0. The highest BCUT2D eigenvalue weighted by Crippen LogP contribution is 2.24. The Hall–Kier alpha value is -0.380. The van der Waals surface area contributed by atoms with Crippen molar-refractivity contribution in [2.45, 2.75) is 57.2 Å². The van der Waals surface area contributed by atoms with Crippen LogP contribution >= 0.6 is 0 Å². The minimum atomic E-state index is -4.56. The Balaban J connectivity index is 2.78. The summed E-state index contributed by atoms with van der Waals surface area (Å²) >= 11 is 0. The molecule has 9 heteroatoms. The summed E-state index contributed by atoms with van der Waals surface area (Å²) in [5, 5.41) is 0. The number of hydrogen-bond acceptors (Lipinski definition) is 3.